The number of hydrogen-bond donors (Lipinski definition) is 2. The zero-order valence-electron chi connectivity index (χ0n) is 7.70. The van der Waals surface area contributed by atoms with Crippen molar-refractivity contribution in [3.05, 3.63) is 0 Å². The molecule has 13 heavy (non-hydrogen) atoms. The zero-order chi connectivity index (χ0) is 9.26. The van der Waals surface area contributed by atoms with Crippen LogP contribution in [0.15, 0.2) is 0 Å². The highest BCUT2D eigenvalue weighted by Crippen LogP contribution is 2.20. The first-order valence-electron chi connectivity index (χ1n) is 4.95. The molecule has 4 nitrogen and oxygen atoms in total. The highest BCUT2D eigenvalue weighted by atomic mass is 16.3. The molecule has 2 fully saturated rings. The second kappa shape index (κ2) is 3.74. The number of Topliss-reactive ketones (excluding diaryl/α,β-unsaturated/α-hetero) is 1. The van der Waals surface area contributed by atoms with Gasteiger partial charge in [0.1, 0.15) is 6.10 Å². The van der Waals surface area contributed by atoms with E-state index in [1.807, 2.05) is 0 Å². The predicted octanol–water partition coefficient (Wildman–Crippen LogP) is -1.02. The highest BCUT2D eigenvalue weighted by molar-refractivity contribution is 5.90. The van der Waals surface area contributed by atoms with Crippen molar-refractivity contribution in [3.8, 4) is 0 Å². The molecule has 0 aromatic rings. The lowest BCUT2D eigenvalue weighted by Crippen LogP contribution is -2.50. The van der Waals surface area contributed by atoms with Gasteiger partial charge in [-0.15, -0.1) is 0 Å². The van der Waals surface area contributed by atoms with Crippen LogP contribution < -0.4 is 5.32 Å². The molecule has 1 saturated heterocycles. The molecule has 0 aromatic carbocycles. The van der Waals surface area contributed by atoms with Crippen LogP contribution in [0, 0.1) is 0 Å². The van der Waals surface area contributed by atoms with Crippen molar-refractivity contribution in [1.29, 1.82) is 0 Å². The Morgan fingerprint density at radius 1 is 1.31 bits per heavy atom. The van der Waals surface area contributed by atoms with Crippen LogP contribution >= 0.6 is 0 Å². The number of hydrogen-bond acceptors (Lipinski definition) is 4. The van der Waals surface area contributed by atoms with E-state index in [1.165, 1.54) is 0 Å². The predicted molar refractivity (Wildman–Crippen MR) is 48.5 cm³/mol. The lowest BCUT2D eigenvalue weighted by atomic mass is 10.1. The third-order valence-electron chi connectivity index (χ3n) is 2.96. The fourth-order valence-corrected chi connectivity index (χ4v) is 2.18. The van der Waals surface area contributed by atoms with E-state index in [0.717, 1.165) is 32.6 Å². The van der Waals surface area contributed by atoms with Crippen molar-refractivity contribution in [2.24, 2.45) is 0 Å². The molecule has 1 aliphatic heterocycles. The van der Waals surface area contributed by atoms with Gasteiger partial charge in [-0.05, 0) is 12.8 Å². The molecule has 74 valence electrons. The number of nitrogens with zero attached hydrogens (tertiary/aromatic N) is 1. The molecular formula is C9H16N2O2. The van der Waals surface area contributed by atoms with Gasteiger partial charge in [0.05, 0.1) is 6.04 Å². The maximum Gasteiger partial charge on any atom is 0.178 e. The first-order valence-corrected chi connectivity index (χ1v) is 4.95. The van der Waals surface area contributed by atoms with Crippen molar-refractivity contribution in [3.63, 3.8) is 0 Å². The summed E-state index contributed by atoms with van der Waals surface area (Å²) >= 11 is 0. The van der Waals surface area contributed by atoms with Gasteiger partial charge in [-0.3, -0.25) is 9.69 Å². The van der Waals surface area contributed by atoms with Crippen LogP contribution in [0.2, 0.25) is 0 Å². The first-order chi connectivity index (χ1) is 6.29. The SMILES string of the molecule is O=C1C(O)CCC1N1CCNCC1. The van der Waals surface area contributed by atoms with Gasteiger partial charge in [-0.2, -0.15) is 0 Å². The molecule has 0 aromatic heterocycles. The van der Waals surface area contributed by atoms with Crippen LogP contribution in [-0.2, 0) is 4.79 Å². The van der Waals surface area contributed by atoms with Gasteiger partial charge in [0.2, 0.25) is 0 Å². The van der Waals surface area contributed by atoms with E-state index in [1.54, 1.807) is 0 Å². The molecule has 0 radical (unpaired) electrons. The van der Waals surface area contributed by atoms with Gasteiger partial charge in [0, 0.05) is 26.2 Å². The summed E-state index contributed by atoms with van der Waals surface area (Å²) in [4.78, 5) is 13.7. The van der Waals surface area contributed by atoms with Gasteiger partial charge >= 0.3 is 0 Å². The van der Waals surface area contributed by atoms with Crippen LogP contribution in [0.4, 0.5) is 0 Å². The summed E-state index contributed by atoms with van der Waals surface area (Å²) in [6.07, 6.45) is 0.785. The molecule has 0 spiro atoms. The standard InChI is InChI=1S/C9H16N2O2/c12-8-2-1-7(9(8)13)11-5-3-10-4-6-11/h7-8,10,12H,1-6H2. The second-order valence-corrected chi connectivity index (χ2v) is 3.80. The Labute approximate surface area is 77.9 Å². The number of aliphatic hydroxyl groups excluding tert-OH is 1. The Bertz CT molecular complexity index is 202. The Balaban J connectivity index is 1.96. The van der Waals surface area contributed by atoms with E-state index in [-0.39, 0.29) is 11.8 Å². The number of aliphatic hydroxyl groups is 1. The summed E-state index contributed by atoms with van der Waals surface area (Å²) < 4.78 is 0. The molecule has 2 aliphatic rings. The molecular weight excluding hydrogens is 168 g/mol. The van der Waals surface area contributed by atoms with Crippen molar-refractivity contribution in [2.45, 2.75) is 25.0 Å². The minimum Gasteiger partial charge on any atom is -0.385 e. The van der Waals surface area contributed by atoms with Crippen LogP contribution in [0.5, 0.6) is 0 Å². The van der Waals surface area contributed by atoms with Crippen LogP contribution in [-0.4, -0.2) is 54.1 Å². The van der Waals surface area contributed by atoms with Gasteiger partial charge in [-0.1, -0.05) is 0 Å². The monoisotopic (exact) mass is 184 g/mol. The van der Waals surface area contributed by atoms with Crippen molar-refractivity contribution in [2.75, 3.05) is 26.2 Å². The molecule has 2 N–H and O–H groups in total. The number of carbonyl (C=O) groups excluding carboxylic acids is 1. The van der Waals surface area contributed by atoms with Crippen molar-refractivity contribution < 1.29 is 9.90 Å². The first kappa shape index (κ1) is 9.12. The smallest absolute Gasteiger partial charge is 0.178 e. The topological polar surface area (TPSA) is 52.6 Å². The Morgan fingerprint density at radius 3 is 2.54 bits per heavy atom. The Kier molecular flexibility index (Phi) is 2.62. The minimum absolute atomic E-state index is 0.00269. The molecule has 2 atom stereocenters. The molecule has 0 bridgehead atoms. The third-order valence-corrected chi connectivity index (χ3v) is 2.96. The van der Waals surface area contributed by atoms with E-state index >= 15 is 0 Å². The normalized spacial score (nSPS) is 36.8. The average Bonchev–Trinajstić information content (AvgIpc) is 2.49. The van der Waals surface area contributed by atoms with Crippen LogP contribution in [0.1, 0.15) is 12.8 Å². The van der Waals surface area contributed by atoms with Gasteiger partial charge in [-0.25, -0.2) is 0 Å². The maximum atomic E-state index is 11.5. The number of carbonyl (C=O) groups is 1. The quantitative estimate of drug-likeness (QED) is 0.548. The number of nitrogens with one attached hydrogen (secondary N) is 1. The summed E-state index contributed by atoms with van der Waals surface area (Å²) in [5, 5.41) is 12.6. The molecule has 1 saturated carbocycles. The zero-order valence-corrected chi connectivity index (χ0v) is 7.70. The van der Waals surface area contributed by atoms with E-state index in [9.17, 15) is 9.90 Å². The molecule has 2 rings (SSSR count). The largest absolute Gasteiger partial charge is 0.385 e. The molecule has 0 amide bonds. The van der Waals surface area contributed by atoms with Gasteiger partial charge in [0.15, 0.2) is 5.78 Å². The summed E-state index contributed by atoms with van der Waals surface area (Å²) in [6, 6.07) is -0.00269. The number of rotatable bonds is 1. The molecule has 2 unspecified atom stereocenters. The Morgan fingerprint density at radius 2 is 2.00 bits per heavy atom. The summed E-state index contributed by atoms with van der Waals surface area (Å²) in [6.45, 7) is 3.78. The number of piperazine rings is 1. The average molecular weight is 184 g/mol. The van der Waals surface area contributed by atoms with Crippen LogP contribution in [0.3, 0.4) is 0 Å². The number of ketones is 1. The van der Waals surface area contributed by atoms with Gasteiger partial charge in [0.25, 0.3) is 0 Å². The molecule has 1 aliphatic carbocycles. The fraction of sp³-hybridized carbons (Fsp3) is 0.889. The maximum absolute atomic E-state index is 11.5. The van der Waals surface area contributed by atoms with Crippen molar-refractivity contribution >= 4 is 5.78 Å². The molecule has 1 heterocycles. The van der Waals surface area contributed by atoms with E-state index < -0.39 is 6.10 Å². The van der Waals surface area contributed by atoms with Crippen LogP contribution in [0.25, 0.3) is 0 Å². The fourth-order valence-electron chi connectivity index (χ4n) is 2.18. The molecule has 4 heteroatoms. The Hall–Kier alpha value is -0.450. The van der Waals surface area contributed by atoms with E-state index in [0.29, 0.717) is 6.42 Å². The second-order valence-electron chi connectivity index (χ2n) is 3.80. The minimum atomic E-state index is -0.695. The third kappa shape index (κ3) is 1.75. The summed E-state index contributed by atoms with van der Waals surface area (Å²) in [5.74, 6) is 0.0295. The van der Waals surface area contributed by atoms with E-state index in [2.05, 4.69) is 10.2 Å². The lowest BCUT2D eigenvalue weighted by Gasteiger charge is -2.31. The van der Waals surface area contributed by atoms with Gasteiger partial charge < -0.3 is 10.4 Å². The van der Waals surface area contributed by atoms with Crippen molar-refractivity contribution in [1.82, 2.24) is 10.2 Å². The summed E-state index contributed by atoms with van der Waals surface area (Å²) in [5.41, 5.74) is 0. The highest BCUT2D eigenvalue weighted by Gasteiger charge is 2.36. The lowest BCUT2D eigenvalue weighted by molar-refractivity contribution is -0.128. The van der Waals surface area contributed by atoms with E-state index in [4.69, 9.17) is 0 Å². The summed E-state index contributed by atoms with van der Waals surface area (Å²) in [7, 11) is 0.